The number of thiophene rings is 1. The molecule has 1 nitrogen and oxygen atoms in total. The van der Waals surface area contributed by atoms with Crippen LogP contribution in [-0.2, 0) is 0 Å². The number of aryl methyl sites for hydroxylation is 2. The number of hydrogen-bond donors (Lipinski definition) is 0. The molecule has 1 aromatic rings. The maximum Gasteiger partial charge on any atom is 0.186 e. The van der Waals surface area contributed by atoms with Gasteiger partial charge in [-0.15, -0.1) is 11.3 Å². The molecule has 0 radical (unpaired) electrons. The lowest BCUT2D eigenvalue weighted by Crippen LogP contribution is -1.92. The van der Waals surface area contributed by atoms with Crippen LogP contribution in [0.2, 0.25) is 0 Å². The van der Waals surface area contributed by atoms with Crippen molar-refractivity contribution >= 4 is 17.1 Å². The van der Waals surface area contributed by atoms with Gasteiger partial charge in [-0.25, -0.2) is 0 Å². The van der Waals surface area contributed by atoms with Crippen molar-refractivity contribution in [3.63, 3.8) is 0 Å². The normalized spacial score (nSPS) is 10.9. The Bertz CT molecular complexity index is 321. The fourth-order valence-electron chi connectivity index (χ4n) is 1.12. The summed E-state index contributed by atoms with van der Waals surface area (Å²) in [7, 11) is 0. The Morgan fingerprint density at radius 3 is 2.58 bits per heavy atom. The lowest BCUT2D eigenvalue weighted by atomic mass is 10.1. The van der Waals surface area contributed by atoms with Gasteiger partial charge in [0.15, 0.2) is 5.78 Å². The molecule has 1 heterocycles. The van der Waals surface area contributed by atoms with Crippen LogP contribution in [0.4, 0.5) is 0 Å². The molecule has 0 spiro atoms. The molecule has 0 saturated heterocycles. The number of hydrogen-bond acceptors (Lipinski definition) is 2. The van der Waals surface area contributed by atoms with Crippen molar-refractivity contribution in [2.45, 2.75) is 20.8 Å². The van der Waals surface area contributed by atoms with E-state index in [2.05, 4.69) is 0 Å². The maximum atomic E-state index is 11.4. The van der Waals surface area contributed by atoms with Crippen LogP contribution in [0.15, 0.2) is 18.2 Å². The highest BCUT2D eigenvalue weighted by atomic mass is 32.1. The molecule has 0 aromatic carbocycles. The highest BCUT2D eigenvalue weighted by Crippen LogP contribution is 2.21. The van der Waals surface area contributed by atoms with Gasteiger partial charge in [-0.05, 0) is 32.9 Å². The zero-order valence-corrected chi connectivity index (χ0v) is 8.37. The smallest absolute Gasteiger partial charge is 0.186 e. The van der Waals surface area contributed by atoms with E-state index < -0.39 is 0 Å². The number of rotatable bonds is 2. The maximum absolute atomic E-state index is 11.4. The predicted molar refractivity (Wildman–Crippen MR) is 52.9 cm³/mol. The Labute approximate surface area is 76.7 Å². The molecule has 1 aromatic heterocycles. The minimum atomic E-state index is 0.111. The monoisotopic (exact) mass is 180 g/mol. The fraction of sp³-hybridized carbons (Fsp3) is 0.300. The second-order valence-corrected chi connectivity index (χ2v) is 4.15. The molecule has 0 unspecified atom stereocenters. The number of carbonyl (C=O) groups is 1. The standard InChI is InChI=1S/C10H12OS/c1-4-5-10(11)9-6-7(2)12-8(9)3/h4-6H,1-3H3/b5-4+. The van der Waals surface area contributed by atoms with Crippen LogP contribution >= 0.6 is 11.3 Å². The van der Waals surface area contributed by atoms with Crippen molar-refractivity contribution in [1.29, 1.82) is 0 Å². The molecule has 0 aliphatic rings. The first-order valence-corrected chi connectivity index (χ1v) is 4.71. The second-order valence-electron chi connectivity index (χ2n) is 2.69. The summed E-state index contributed by atoms with van der Waals surface area (Å²) >= 11 is 1.67. The number of ketones is 1. The van der Waals surface area contributed by atoms with Gasteiger partial charge in [0, 0.05) is 15.3 Å². The van der Waals surface area contributed by atoms with E-state index in [1.54, 1.807) is 23.5 Å². The fourth-order valence-corrected chi connectivity index (χ4v) is 2.05. The Kier molecular flexibility index (Phi) is 2.82. The van der Waals surface area contributed by atoms with Crippen molar-refractivity contribution in [3.05, 3.63) is 33.5 Å². The molecule has 0 aliphatic heterocycles. The Morgan fingerprint density at radius 2 is 2.17 bits per heavy atom. The molecule has 0 aliphatic carbocycles. The third kappa shape index (κ3) is 1.83. The highest BCUT2D eigenvalue weighted by molar-refractivity contribution is 7.12. The van der Waals surface area contributed by atoms with Gasteiger partial charge in [0.2, 0.25) is 0 Å². The quantitative estimate of drug-likeness (QED) is 0.505. The minimum absolute atomic E-state index is 0.111. The first-order chi connectivity index (χ1) is 5.65. The lowest BCUT2D eigenvalue weighted by molar-refractivity contribution is 0.104. The van der Waals surface area contributed by atoms with E-state index in [0.717, 1.165) is 10.4 Å². The SMILES string of the molecule is C/C=C/C(=O)c1cc(C)sc1C. The molecule has 0 N–H and O–H groups in total. The van der Waals surface area contributed by atoms with Gasteiger partial charge in [-0.3, -0.25) is 4.79 Å². The summed E-state index contributed by atoms with van der Waals surface area (Å²) in [4.78, 5) is 13.7. The number of allylic oxidation sites excluding steroid dienone is 2. The first kappa shape index (κ1) is 9.20. The molecule has 0 saturated carbocycles. The molecular formula is C10H12OS. The third-order valence-corrected chi connectivity index (χ3v) is 2.59. The van der Waals surface area contributed by atoms with Crippen LogP contribution in [-0.4, -0.2) is 5.78 Å². The summed E-state index contributed by atoms with van der Waals surface area (Å²) in [5.41, 5.74) is 0.843. The van der Waals surface area contributed by atoms with E-state index in [9.17, 15) is 4.79 Å². The first-order valence-electron chi connectivity index (χ1n) is 3.89. The van der Waals surface area contributed by atoms with Crippen LogP contribution in [0.3, 0.4) is 0 Å². The van der Waals surface area contributed by atoms with Crippen molar-refractivity contribution in [2.24, 2.45) is 0 Å². The Balaban J connectivity index is 3.02. The largest absolute Gasteiger partial charge is 0.289 e. The van der Waals surface area contributed by atoms with Crippen molar-refractivity contribution in [2.75, 3.05) is 0 Å². The molecule has 64 valence electrons. The van der Waals surface area contributed by atoms with Crippen molar-refractivity contribution in [1.82, 2.24) is 0 Å². The predicted octanol–water partition coefficient (Wildman–Crippen LogP) is 3.12. The molecule has 0 bridgehead atoms. The molecule has 0 fully saturated rings. The second kappa shape index (κ2) is 3.68. The lowest BCUT2D eigenvalue weighted by Gasteiger charge is -1.90. The minimum Gasteiger partial charge on any atom is -0.289 e. The van der Waals surface area contributed by atoms with Crippen LogP contribution in [0.25, 0.3) is 0 Å². The van der Waals surface area contributed by atoms with Crippen LogP contribution in [0.1, 0.15) is 27.0 Å². The number of carbonyl (C=O) groups excluding carboxylic acids is 1. The average molecular weight is 180 g/mol. The van der Waals surface area contributed by atoms with E-state index >= 15 is 0 Å². The van der Waals surface area contributed by atoms with Gasteiger partial charge < -0.3 is 0 Å². The average Bonchev–Trinajstić information content (AvgIpc) is 2.30. The summed E-state index contributed by atoms with van der Waals surface area (Å²) in [6.07, 6.45) is 3.38. The zero-order chi connectivity index (χ0) is 9.14. The Morgan fingerprint density at radius 1 is 1.50 bits per heavy atom. The molecule has 2 heteroatoms. The molecular weight excluding hydrogens is 168 g/mol. The van der Waals surface area contributed by atoms with Crippen LogP contribution in [0, 0.1) is 13.8 Å². The van der Waals surface area contributed by atoms with Crippen molar-refractivity contribution < 1.29 is 4.79 Å². The molecule has 0 atom stereocenters. The zero-order valence-electron chi connectivity index (χ0n) is 7.55. The summed E-state index contributed by atoms with van der Waals surface area (Å²) in [6.45, 7) is 5.85. The van der Waals surface area contributed by atoms with Crippen LogP contribution in [0.5, 0.6) is 0 Å². The third-order valence-electron chi connectivity index (χ3n) is 1.62. The van der Waals surface area contributed by atoms with Crippen molar-refractivity contribution in [3.8, 4) is 0 Å². The summed E-state index contributed by atoms with van der Waals surface area (Å²) in [5.74, 6) is 0.111. The van der Waals surface area contributed by atoms with Gasteiger partial charge in [0.05, 0.1) is 0 Å². The topological polar surface area (TPSA) is 17.1 Å². The van der Waals surface area contributed by atoms with Gasteiger partial charge in [0.1, 0.15) is 0 Å². The van der Waals surface area contributed by atoms with E-state index in [1.807, 2.05) is 26.8 Å². The molecule has 12 heavy (non-hydrogen) atoms. The molecule has 1 rings (SSSR count). The van der Waals surface area contributed by atoms with Gasteiger partial charge in [-0.2, -0.15) is 0 Å². The van der Waals surface area contributed by atoms with E-state index in [1.165, 1.54) is 4.88 Å². The van der Waals surface area contributed by atoms with Gasteiger partial charge in [0.25, 0.3) is 0 Å². The van der Waals surface area contributed by atoms with E-state index in [4.69, 9.17) is 0 Å². The van der Waals surface area contributed by atoms with Gasteiger partial charge in [-0.1, -0.05) is 6.08 Å². The van der Waals surface area contributed by atoms with Crippen LogP contribution < -0.4 is 0 Å². The molecule has 0 amide bonds. The summed E-state index contributed by atoms with van der Waals surface area (Å²) in [5, 5.41) is 0. The summed E-state index contributed by atoms with van der Waals surface area (Å²) < 4.78 is 0. The summed E-state index contributed by atoms with van der Waals surface area (Å²) in [6, 6.07) is 1.95. The van der Waals surface area contributed by atoms with E-state index in [0.29, 0.717) is 0 Å². The van der Waals surface area contributed by atoms with E-state index in [-0.39, 0.29) is 5.78 Å². The highest BCUT2D eigenvalue weighted by Gasteiger charge is 2.07. The van der Waals surface area contributed by atoms with Gasteiger partial charge >= 0.3 is 0 Å². The Hall–Kier alpha value is -0.890.